The van der Waals surface area contributed by atoms with E-state index in [2.05, 4.69) is 4.90 Å². The Bertz CT molecular complexity index is 952. The minimum atomic E-state index is -0.403. The first-order valence-electron chi connectivity index (χ1n) is 9.96. The molecule has 1 unspecified atom stereocenters. The van der Waals surface area contributed by atoms with E-state index < -0.39 is 6.04 Å². The largest absolute Gasteiger partial charge is 0.469 e. The number of furan rings is 1. The number of aliphatic imine (C=N–C) groups is 1. The number of rotatable bonds is 7. The maximum atomic E-state index is 13.3. The number of guanidine groups is 1. The minimum absolute atomic E-state index is 0.0212. The monoisotopic (exact) mass is 387 g/mol. The summed E-state index contributed by atoms with van der Waals surface area (Å²) in [5.41, 5.74) is 1.97. The molecule has 148 valence electrons. The molecule has 0 saturated heterocycles. The molecule has 5 nitrogen and oxygen atoms in total. The molecule has 0 aliphatic carbocycles. The third-order valence-corrected chi connectivity index (χ3v) is 5.10. The van der Waals surface area contributed by atoms with Crippen molar-refractivity contribution in [3.8, 4) is 0 Å². The Balaban J connectivity index is 1.52. The van der Waals surface area contributed by atoms with Crippen molar-refractivity contribution >= 4 is 17.6 Å². The number of nitrogens with zero attached hydrogens (tertiary/aromatic N) is 3. The highest BCUT2D eigenvalue weighted by Crippen LogP contribution is 2.24. The van der Waals surface area contributed by atoms with E-state index in [9.17, 15) is 4.79 Å². The number of amides is 1. The second-order valence-corrected chi connectivity index (χ2v) is 7.25. The van der Waals surface area contributed by atoms with Gasteiger partial charge >= 0.3 is 0 Å². The fourth-order valence-corrected chi connectivity index (χ4v) is 3.60. The van der Waals surface area contributed by atoms with Crippen LogP contribution in [0.1, 0.15) is 17.7 Å². The normalized spacial score (nSPS) is 16.2. The Morgan fingerprint density at radius 1 is 1.00 bits per heavy atom. The predicted molar refractivity (Wildman–Crippen MR) is 115 cm³/mol. The van der Waals surface area contributed by atoms with Crippen LogP contribution < -0.4 is 4.90 Å². The van der Waals surface area contributed by atoms with Gasteiger partial charge in [0.05, 0.1) is 12.0 Å². The van der Waals surface area contributed by atoms with Gasteiger partial charge in [-0.2, -0.15) is 0 Å². The number of carbonyl (C=O) groups is 1. The Morgan fingerprint density at radius 2 is 1.72 bits per heavy atom. The maximum absolute atomic E-state index is 13.3. The molecule has 0 N–H and O–H groups in total. The molecule has 5 heteroatoms. The van der Waals surface area contributed by atoms with Gasteiger partial charge in [0.25, 0.3) is 5.91 Å². The molecule has 2 heterocycles. The lowest BCUT2D eigenvalue weighted by molar-refractivity contribution is -0.118. The Morgan fingerprint density at radius 3 is 2.41 bits per heavy atom. The van der Waals surface area contributed by atoms with Crippen LogP contribution in [0.4, 0.5) is 5.69 Å². The molecule has 0 fully saturated rings. The van der Waals surface area contributed by atoms with E-state index in [0.29, 0.717) is 12.4 Å². The van der Waals surface area contributed by atoms with Gasteiger partial charge < -0.3 is 9.32 Å². The van der Waals surface area contributed by atoms with Gasteiger partial charge in [0.15, 0.2) is 0 Å². The average molecular weight is 387 g/mol. The highest BCUT2D eigenvalue weighted by molar-refractivity contribution is 6.21. The van der Waals surface area contributed by atoms with Crippen LogP contribution >= 0.6 is 0 Å². The lowest BCUT2D eigenvalue weighted by atomic mass is 10.1. The molecule has 2 aromatic carbocycles. The number of aryl methyl sites for hydroxylation is 1. The highest BCUT2D eigenvalue weighted by atomic mass is 16.3. The molecule has 1 amide bonds. The van der Waals surface area contributed by atoms with E-state index >= 15 is 0 Å². The summed E-state index contributed by atoms with van der Waals surface area (Å²) in [4.78, 5) is 21.9. The van der Waals surface area contributed by atoms with Gasteiger partial charge in [-0.15, -0.1) is 0 Å². The molecule has 3 aromatic rings. The SMILES string of the molecule is CN(CCCc1ccco1)C1=NC(Cc2ccccc2)C(=O)N1c1ccccc1. The zero-order chi connectivity index (χ0) is 20.1. The lowest BCUT2D eigenvalue weighted by Crippen LogP contribution is -2.43. The molecule has 0 spiro atoms. The number of anilines is 1. The summed E-state index contributed by atoms with van der Waals surface area (Å²) in [6, 6.07) is 23.3. The molecule has 1 aromatic heterocycles. The third-order valence-electron chi connectivity index (χ3n) is 5.10. The Labute approximate surface area is 171 Å². The van der Waals surface area contributed by atoms with E-state index in [1.165, 1.54) is 0 Å². The van der Waals surface area contributed by atoms with Crippen molar-refractivity contribution in [3.05, 3.63) is 90.4 Å². The number of hydrogen-bond acceptors (Lipinski definition) is 4. The van der Waals surface area contributed by atoms with Gasteiger partial charge in [-0.3, -0.25) is 4.79 Å². The van der Waals surface area contributed by atoms with Crippen LogP contribution in [0.15, 0.2) is 88.5 Å². The molecule has 0 radical (unpaired) electrons. The number of para-hydroxylation sites is 1. The summed E-state index contributed by atoms with van der Waals surface area (Å²) in [7, 11) is 2.00. The fraction of sp³-hybridized carbons (Fsp3) is 0.250. The predicted octanol–water partition coefficient (Wildman–Crippen LogP) is 4.16. The summed E-state index contributed by atoms with van der Waals surface area (Å²) in [6.07, 6.45) is 4.08. The quantitative estimate of drug-likeness (QED) is 0.612. The lowest BCUT2D eigenvalue weighted by Gasteiger charge is -2.26. The van der Waals surface area contributed by atoms with Gasteiger partial charge in [0.1, 0.15) is 11.8 Å². The first-order chi connectivity index (χ1) is 14.2. The molecular weight excluding hydrogens is 362 g/mol. The van der Waals surface area contributed by atoms with Gasteiger partial charge in [0.2, 0.25) is 5.96 Å². The zero-order valence-corrected chi connectivity index (χ0v) is 16.6. The van der Waals surface area contributed by atoms with Crippen molar-refractivity contribution in [2.45, 2.75) is 25.3 Å². The van der Waals surface area contributed by atoms with Crippen LogP contribution in [-0.4, -0.2) is 36.4 Å². The van der Waals surface area contributed by atoms with Gasteiger partial charge in [-0.05, 0) is 36.2 Å². The van der Waals surface area contributed by atoms with Crippen molar-refractivity contribution in [2.75, 3.05) is 18.5 Å². The molecular formula is C24H25N3O2. The number of carbonyl (C=O) groups excluding carboxylic acids is 1. The van der Waals surface area contributed by atoms with Crippen molar-refractivity contribution in [1.82, 2.24) is 4.90 Å². The van der Waals surface area contributed by atoms with Crippen LogP contribution in [-0.2, 0) is 17.6 Å². The van der Waals surface area contributed by atoms with Crippen molar-refractivity contribution in [1.29, 1.82) is 0 Å². The second kappa shape index (κ2) is 8.78. The van der Waals surface area contributed by atoms with E-state index in [1.807, 2.05) is 79.8 Å². The first-order valence-corrected chi connectivity index (χ1v) is 9.96. The first kappa shape index (κ1) is 19.0. The minimum Gasteiger partial charge on any atom is -0.469 e. The molecule has 1 atom stereocenters. The summed E-state index contributed by atoms with van der Waals surface area (Å²) >= 11 is 0. The van der Waals surface area contributed by atoms with Crippen LogP contribution in [0.3, 0.4) is 0 Å². The van der Waals surface area contributed by atoms with Crippen LogP contribution in [0.25, 0.3) is 0 Å². The van der Waals surface area contributed by atoms with Crippen LogP contribution in [0.5, 0.6) is 0 Å². The Hall–Kier alpha value is -3.34. The molecule has 0 bridgehead atoms. The summed E-state index contributed by atoms with van der Waals surface area (Å²) in [6.45, 7) is 0.786. The standard InChI is InChI=1S/C24H25N3O2/c1-26(16-8-14-21-15-9-17-29-21)24-25-22(18-19-10-4-2-5-11-19)23(28)27(24)20-12-6-3-7-13-20/h2-7,9-13,15,17,22H,8,14,16,18H2,1H3. The molecule has 0 saturated carbocycles. The van der Waals surface area contributed by atoms with Crippen molar-refractivity contribution in [3.63, 3.8) is 0 Å². The van der Waals surface area contributed by atoms with Gasteiger partial charge in [-0.1, -0.05) is 48.5 Å². The van der Waals surface area contributed by atoms with E-state index in [4.69, 9.17) is 9.41 Å². The Kier molecular flexibility index (Phi) is 5.75. The van der Waals surface area contributed by atoms with Crippen LogP contribution in [0, 0.1) is 0 Å². The number of benzene rings is 2. The molecule has 1 aliphatic rings. The summed E-state index contributed by atoms with van der Waals surface area (Å²) in [5, 5.41) is 0. The summed E-state index contributed by atoms with van der Waals surface area (Å²) in [5.74, 6) is 1.71. The van der Waals surface area contributed by atoms with E-state index in [-0.39, 0.29) is 5.91 Å². The van der Waals surface area contributed by atoms with E-state index in [1.54, 1.807) is 11.2 Å². The molecule has 4 rings (SSSR count). The van der Waals surface area contributed by atoms with Gasteiger partial charge in [-0.25, -0.2) is 9.89 Å². The molecule has 29 heavy (non-hydrogen) atoms. The van der Waals surface area contributed by atoms with E-state index in [0.717, 1.165) is 36.4 Å². The topological polar surface area (TPSA) is 49.1 Å². The smallest absolute Gasteiger partial charge is 0.259 e. The van der Waals surface area contributed by atoms with Crippen molar-refractivity contribution < 1.29 is 9.21 Å². The van der Waals surface area contributed by atoms with Gasteiger partial charge in [0, 0.05) is 26.4 Å². The zero-order valence-electron chi connectivity index (χ0n) is 16.6. The fourth-order valence-electron chi connectivity index (χ4n) is 3.60. The van der Waals surface area contributed by atoms with Crippen LogP contribution in [0.2, 0.25) is 0 Å². The maximum Gasteiger partial charge on any atom is 0.259 e. The number of hydrogen-bond donors (Lipinski definition) is 0. The third kappa shape index (κ3) is 4.40. The van der Waals surface area contributed by atoms with Crippen molar-refractivity contribution in [2.24, 2.45) is 4.99 Å². The average Bonchev–Trinajstić information content (AvgIpc) is 3.38. The molecule has 1 aliphatic heterocycles. The highest BCUT2D eigenvalue weighted by Gasteiger charge is 2.37. The summed E-state index contributed by atoms with van der Waals surface area (Å²) < 4.78 is 5.42. The second-order valence-electron chi connectivity index (χ2n) is 7.25.